The monoisotopic (exact) mass is 764 g/mol. The molecule has 0 aliphatic heterocycles. The second kappa shape index (κ2) is 13.8. The maximum absolute atomic E-state index is 5.26. The Morgan fingerprint density at radius 3 is 1.33 bits per heavy atom. The Hall–Kier alpha value is -8.08. The van der Waals surface area contributed by atoms with Crippen molar-refractivity contribution in [1.29, 1.82) is 0 Å². The van der Waals surface area contributed by atoms with E-state index in [1.165, 1.54) is 38.2 Å². The highest BCUT2D eigenvalue weighted by atomic mass is 15.1. The first-order valence-electron chi connectivity index (χ1n) is 20.4. The largest absolute Gasteiger partial charge is 0.292 e. The van der Waals surface area contributed by atoms with Gasteiger partial charge in [0.05, 0.1) is 33.4 Å². The molecule has 4 nitrogen and oxygen atoms in total. The van der Waals surface area contributed by atoms with Crippen molar-refractivity contribution in [2.24, 2.45) is 0 Å². The zero-order valence-corrected chi connectivity index (χ0v) is 32.6. The summed E-state index contributed by atoms with van der Waals surface area (Å²) in [7, 11) is 0. The summed E-state index contributed by atoms with van der Waals surface area (Å²) in [5, 5.41) is 7.05. The topological polar surface area (TPSA) is 35.6 Å². The fourth-order valence-corrected chi connectivity index (χ4v) is 9.25. The van der Waals surface area contributed by atoms with Gasteiger partial charge in [-0.25, -0.2) is 9.97 Å². The number of nitrogens with zero attached hydrogens (tertiary/aromatic N) is 4. The number of aromatic nitrogens is 4. The average molecular weight is 765 g/mol. The SMILES string of the molecule is c1ccc(-c2cccc3cc(-c4c5cccc(-n6c(-c7ccccc7)nc7ccccc76)c5cc5c(-n6c(-c7ccccc7)nc7ccccc76)cccc45)ccc23)cc1. The number of benzene rings is 10. The van der Waals surface area contributed by atoms with Crippen molar-refractivity contribution in [3.05, 3.63) is 218 Å². The van der Waals surface area contributed by atoms with Crippen LogP contribution >= 0.6 is 0 Å². The van der Waals surface area contributed by atoms with Crippen LogP contribution in [0.25, 0.3) is 111 Å². The molecule has 280 valence electrons. The summed E-state index contributed by atoms with van der Waals surface area (Å²) in [6.07, 6.45) is 0. The molecule has 0 bridgehead atoms. The fraction of sp³-hybridized carbons (Fsp3) is 0. The zero-order valence-electron chi connectivity index (χ0n) is 32.6. The van der Waals surface area contributed by atoms with Crippen LogP contribution in [0.3, 0.4) is 0 Å². The molecule has 60 heavy (non-hydrogen) atoms. The molecule has 0 saturated heterocycles. The molecule has 0 saturated carbocycles. The van der Waals surface area contributed by atoms with Crippen molar-refractivity contribution in [1.82, 2.24) is 19.1 Å². The first kappa shape index (κ1) is 34.0. The van der Waals surface area contributed by atoms with Crippen LogP contribution in [0.1, 0.15) is 0 Å². The molecule has 0 amide bonds. The van der Waals surface area contributed by atoms with Crippen molar-refractivity contribution < 1.29 is 0 Å². The summed E-state index contributed by atoms with van der Waals surface area (Å²) < 4.78 is 4.69. The average Bonchev–Trinajstić information content (AvgIpc) is 3.90. The lowest BCUT2D eigenvalue weighted by Crippen LogP contribution is -2.01. The van der Waals surface area contributed by atoms with Crippen LogP contribution in [0.4, 0.5) is 0 Å². The fourth-order valence-electron chi connectivity index (χ4n) is 9.25. The van der Waals surface area contributed by atoms with E-state index in [-0.39, 0.29) is 0 Å². The molecule has 0 atom stereocenters. The lowest BCUT2D eigenvalue weighted by atomic mass is 9.89. The molecule has 10 aromatic carbocycles. The van der Waals surface area contributed by atoms with E-state index >= 15 is 0 Å². The van der Waals surface area contributed by atoms with Gasteiger partial charge in [0, 0.05) is 21.9 Å². The molecule has 0 aliphatic carbocycles. The number of para-hydroxylation sites is 4. The standard InChI is InChI=1S/C56H36N4/c1-4-17-37(18-5-1)42-24-14-23-40-35-41(33-34-43(40)42)54-44-25-15-31-50(59-52-29-12-10-27-48(52)57-55(59)38-19-6-2-7-20-38)46(44)36-47-45(54)26-16-32-51(47)60-53-30-13-11-28-49(53)58-56(60)39-21-8-3-9-22-39/h1-36H. The number of hydrogen-bond acceptors (Lipinski definition) is 2. The third kappa shape index (κ3) is 5.39. The molecule has 4 heteroatoms. The second-order valence-corrected chi connectivity index (χ2v) is 15.4. The first-order chi connectivity index (χ1) is 29.8. The van der Waals surface area contributed by atoms with E-state index in [1.807, 2.05) is 0 Å². The Labute approximate surface area is 346 Å². The number of imidazole rings is 2. The molecule has 2 heterocycles. The molecule has 0 spiro atoms. The van der Waals surface area contributed by atoms with E-state index in [9.17, 15) is 0 Å². The molecule has 2 aromatic heterocycles. The minimum Gasteiger partial charge on any atom is -0.292 e. The highest BCUT2D eigenvalue weighted by molar-refractivity contribution is 6.18. The molecule has 0 fully saturated rings. The quantitative estimate of drug-likeness (QED) is 0.158. The zero-order chi connectivity index (χ0) is 39.6. The van der Waals surface area contributed by atoms with Crippen molar-refractivity contribution >= 4 is 54.4 Å². The van der Waals surface area contributed by atoms with Gasteiger partial charge >= 0.3 is 0 Å². The van der Waals surface area contributed by atoms with Crippen LogP contribution in [0.2, 0.25) is 0 Å². The third-order valence-electron chi connectivity index (χ3n) is 11.9. The van der Waals surface area contributed by atoms with Gasteiger partial charge in [-0.3, -0.25) is 9.13 Å². The molecular weight excluding hydrogens is 729 g/mol. The summed E-state index contributed by atoms with van der Waals surface area (Å²) >= 11 is 0. The van der Waals surface area contributed by atoms with Gasteiger partial charge in [-0.1, -0.05) is 170 Å². The van der Waals surface area contributed by atoms with E-state index in [0.29, 0.717) is 0 Å². The Kier molecular flexibility index (Phi) is 7.82. The minimum atomic E-state index is 0.908. The number of fused-ring (bicyclic) bond motifs is 5. The predicted molar refractivity (Wildman–Crippen MR) is 250 cm³/mol. The molecule has 12 rings (SSSR count). The van der Waals surface area contributed by atoms with E-state index < -0.39 is 0 Å². The van der Waals surface area contributed by atoms with E-state index in [4.69, 9.17) is 9.97 Å². The highest BCUT2D eigenvalue weighted by Crippen LogP contribution is 2.44. The molecular formula is C56H36N4. The lowest BCUT2D eigenvalue weighted by Gasteiger charge is -2.20. The molecule has 12 aromatic rings. The predicted octanol–water partition coefficient (Wildman–Crippen LogP) is 14.5. The second-order valence-electron chi connectivity index (χ2n) is 15.4. The molecule has 0 unspecified atom stereocenters. The van der Waals surface area contributed by atoms with Gasteiger partial charge in [0.15, 0.2) is 0 Å². The summed E-state index contributed by atoms with van der Waals surface area (Å²) in [6.45, 7) is 0. The van der Waals surface area contributed by atoms with Crippen LogP contribution in [0.15, 0.2) is 218 Å². The van der Waals surface area contributed by atoms with Gasteiger partial charge < -0.3 is 0 Å². The number of rotatable bonds is 6. The maximum atomic E-state index is 5.26. The third-order valence-corrected chi connectivity index (χ3v) is 11.9. The Balaban J connectivity index is 1.21. The molecule has 0 N–H and O–H groups in total. The van der Waals surface area contributed by atoms with Crippen molar-refractivity contribution in [3.8, 4) is 56.4 Å². The van der Waals surface area contributed by atoms with Gasteiger partial charge in [0.25, 0.3) is 0 Å². The first-order valence-corrected chi connectivity index (χ1v) is 20.4. The Morgan fingerprint density at radius 1 is 0.300 bits per heavy atom. The van der Waals surface area contributed by atoms with Crippen LogP contribution in [0.5, 0.6) is 0 Å². The van der Waals surface area contributed by atoms with Gasteiger partial charge in [-0.2, -0.15) is 0 Å². The van der Waals surface area contributed by atoms with E-state index in [2.05, 4.69) is 228 Å². The molecule has 0 radical (unpaired) electrons. The van der Waals surface area contributed by atoms with E-state index in [1.54, 1.807) is 0 Å². The smallest absolute Gasteiger partial charge is 0.145 e. The van der Waals surface area contributed by atoms with Crippen molar-refractivity contribution in [2.75, 3.05) is 0 Å². The normalized spacial score (nSPS) is 11.7. The van der Waals surface area contributed by atoms with Crippen LogP contribution < -0.4 is 0 Å². The summed E-state index contributed by atoms with van der Waals surface area (Å²) in [6, 6.07) is 78.2. The van der Waals surface area contributed by atoms with Crippen molar-refractivity contribution in [2.45, 2.75) is 0 Å². The molecule has 0 aliphatic rings. The summed E-state index contributed by atoms with van der Waals surface area (Å²) in [4.78, 5) is 10.5. The Morgan fingerprint density at radius 2 is 0.783 bits per heavy atom. The summed E-state index contributed by atoms with van der Waals surface area (Å²) in [5.41, 5.74) is 13.1. The van der Waals surface area contributed by atoms with Gasteiger partial charge in [-0.05, 0) is 92.3 Å². The lowest BCUT2D eigenvalue weighted by molar-refractivity contribution is 1.11. The summed E-state index contributed by atoms with van der Waals surface area (Å²) in [5.74, 6) is 1.82. The number of hydrogen-bond donors (Lipinski definition) is 0. The highest BCUT2D eigenvalue weighted by Gasteiger charge is 2.22. The minimum absolute atomic E-state index is 0.908. The van der Waals surface area contributed by atoms with Crippen LogP contribution in [-0.2, 0) is 0 Å². The van der Waals surface area contributed by atoms with Gasteiger partial charge in [0.2, 0.25) is 0 Å². The van der Waals surface area contributed by atoms with Crippen LogP contribution in [-0.4, -0.2) is 19.1 Å². The van der Waals surface area contributed by atoms with Gasteiger partial charge in [-0.15, -0.1) is 0 Å². The maximum Gasteiger partial charge on any atom is 0.145 e. The Bertz CT molecular complexity index is 3410. The van der Waals surface area contributed by atoms with Crippen LogP contribution in [0, 0.1) is 0 Å². The van der Waals surface area contributed by atoms with Crippen molar-refractivity contribution in [3.63, 3.8) is 0 Å². The van der Waals surface area contributed by atoms with E-state index in [0.717, 1.165) is 72.6 Å². The van der Waals surface area contributed by atoms with Gasteiger partial charge in [0.1, 0.15) is 11.6 Å².